The number of nitrogens with one attached hydrogen (secondary N) is 1. The molecule has 88 valence electrons. The van der Waals surface area contributed by atoms with Crippen LogP contribution >= 0.6 is 0 Å². The predicted octanol–water partition coefficient (Wildman–Crippen LogP) is 2.25. The van der Waals surface area contributed by atoms with E-state index in [4.69, 9.17) is 0 Å². The zero-order valence-electron chi connectivity index (χ0n) is 10.3. The van der Waals surface area contributed by atoms with E-state index >= 15 is 0 Å². The molecule has 0 aromatic heterocycles. The average molecular weight is 210 g/mol. The molecule has 2 aliphatic rings. The number of piperidine rings is 1. The first-order valence-electron chi connectivity index (χ1n) is 6.79. The fourth-order valence-electron chi connectivity index (χ4n) is 3.31. The highest BCUT2D eigenvalue weighted by Gasteiger charge is 2.33. The van der Waals surface area contributed by atoms with Crippen molar-refractivity contribution >= 4 is 0 Å². The molecule has 0 aromatic rings. The van der Waals surface area contributed by atoms with Crippen LogP contribution in [0, 0.1) is 5.92 Å². The molecule has 0 saturated carbocycles. The second-order valence-corrected chi connectivity index (χ2v) is 5.31. The highest BCUT2D eigenvalue weighted by Crippen LogP contribution is 2.30. The highest BCUT2D eigenvalue weighted by molar-refractivity contribution is 4.89. The zero-order chi connectivity index (χ0) is 10.7. The van der Waals surface area contributed by atoms with Crippen molar-refractivity contribution in [2.45, 2.75) is 58.0 Å². The fraction of sp³-hybridized carbons (Fsp3) is 1.00. The Hall–Kier alpha value is -0.0800. The van der Waals surface area contributed by atoms with Gasteiger partial charge < -0.3 is 5.32 Å². The Morgan fingerprint density at radius 1 is 1.33 bits per heavy atom. The molecule has 2 heteroatoms. The Labute approximate surface area is 94.4 Å². The van der Waals surface area contributed by atoms with Gasteiger partial charge in [0, 0.05) is 12.1 Å². The SMILES string of the molecule is CCC(C)N1CCCC1C1CCCNC1. The van der Waals surface area contributed by atoms with Crippen LogP contribution in [0.5, 0.6) is 0 Å². The van der Waals surface area contributed by atoms with Crippen LogP contribution in [0.1, 0.15) is 46.0 Å². The average Bonchev–Trinajstić information content (AvgIpc) is 2.78. The first-order chi connectivity index (χ1) is 7.33. The van der Waals surface area contributed by atoms with Gasteiger partial charge in [-0.25, -0.2) is 0 Å². The molecule has 2 saturated heterocycles. The molecule has 2 aliphatic heterocycles. The zero-order valence-corrected chi connectivity index (χ0v) is 10.3. The lowest BCUT2D eigenvalue weighted by Gasteiger charge is -2.37. The summed E-state index contributed by atoms with van der Waals surface area (Å²) in [6, 6.07) is 1.67. The van der Waals surface area contributed by atoms with E-state index in [9.17, 15) is 0 Å². The molecule has 2 rings (SSSR count). The minimum Gasteiger partial charge on any atom is -0.316 e. The Balaban J connectivity index is 1.93. The Bertz CT molecular complexity index is 187. The molecule has 0 bridgehead atoms. The second kappa shape index (κ2) is 5.31. The van der Waals surface area contributed by atoms with Crippen LogP contribution in [-0.2, 0) is 0 Å². The van der Waals surface area contributed by atoms with Crippen molar-refractivity contribution in [2.75, 3.05) is 19.6 Å². The van der Waals surface area contributed by atoms with Gasteiger partial charge in [0.15, 0.2) is 0 Å². The monoisotopic (exact) mass is 210 g/mol. The van der Waals surface area contributed by atoms with Gasteiger partial charge in [-0.15, -0.1) is 0 Å². The molecule has 1 N–H and O–H groups in total. The molecule has 0 aliphatic carbocycles. The van der Waals surface area contributed by atoms with Gasteiger partial charge >= 0.3 is 0 Å². The van der Waals surface area contributed by atoms with Crippen molar-refractivity contribution in [3.8, 4) is 0 Å². The predicted molar refractivity (Wildman–Crippen MR) is 65.1 cm³/mol. The van der Waals surface area contributed by atoms with Crippen LogP contribution in [0.4, 0.5) is 0 Å². The van der Waals surface area contributed by atoms with E-state index in [0.717, 1.165) is 18.0 Å². The maximum Gasteiger partial charge on any atom is 0.0139 e. The van der Waals surface area contributed by atoms with Crippen molar-refractivity contribution in [1.82, 2.24) is 10.2 Å². The quantitative estimate of drug-likeness (QED) is 0.768. The summed E-state index contributed by atoms with van der Waals surface area (Å²) < 4.78 is 0. The molecule has 0 amide bonds. The Kier molecular flexibility index (Phi) is 4.04. The molecular formula is C13H26N2. The van der Waals surface area contributed by atoms with E-state index < -0.39 is 0 Å². The summed E-state index contributed by atoms with van der Waals surface area (Å²) in [4.78, 5) is 2.78. The van der Waals surface area contributed by atoms with Gasteiger partial charge in [0.2, 0.25) is 0 Å². The maximum atomic E-state index is 3.56. The normalized spacial score (nSPS) is 35.6. The molecule has 0 spiro atoms. The van der Waals surface area contributed by atoms with Gasteiger partial charge in [-0.05, 0) is 64.6 Å². The summed E-state index contributed by atoms with van der Waals surface area (Å²) in [5.41, 5.74) is 0. The summed E-state index contributed by atoms with van der Waals surface area (Å²) in [5, 5.41) is 3.56. The lowest BCUT2D eigenvalue weighted by molar-refractivity contribution is 0.124. The van der Waals surface area contributed by atoms with Gasteiger partial charge in [-0.1, -0.05) is 6.92 Å². The van der Waals surface area contributed by atoms with Crippen LogP contribution in [-0.4, -0.2) is 36.6 Å². The van der Waals surface area contributed by atoms with Crippen LogP contribution in [0.25, 0.3) is 0 Å². The van der Waals surface area contributed by atoms with Crippen LogP contribution < -0.4 is 5.32 Å². The third kappa shape index (κ3) is 2.54. The molecule has 0 radical (unpaired) electrons. The van der Waals surface area contributed by atoms with E-state index in [0.29, 0.717) is 0 Å². The maximum absolute atomic E-state index is 3.56. The largest absolute Gasteiger partial charge is 0.316 e. The third-order valence-electron chi connectivity index (χ3n) is 4.38. The molecule has 2 fully saturated rings. The molecule has 2 nitrogen and oxygen atoms in total. The van der Waals surface area contributed by atoms with Crippen molar-refractivity contribution in [2.24, 2.45) is 5.92 Å². The number of hydrogen-bond acceptors (Lipinski definition) is 2. The fourth-order valence-corrected chi connectivity index (χ4v) is 3.31. The second-order valence-electron chi connectivity index (χ2n) is 5.31. The standard InChI is InChI=1S/C13H26N2/c1-3-11(2)15-9-5-7-13(15)12-6-4-8-14-10-12/h11-14H,3-10H2,1-2H3. The van der Waals surface area contributed by atoms with Crippen molar-refractivity contribution in [1.29, 1.82) is 0 Å². The van der Waals surface area contributed by atoms with Crippen molar-refractivity contribution in [3.63, 3.8) is 0 Å². The van der Waals surface area contributed by atoms with Crippen molar-refractivity contribution in [3.05, 3.63) is 0 Å². The topological polar surface area (TPSA) is 15.3 Å². The van der Waals surface area contributed by atoms with Crippen LogP contribution in [0.15, 0.2) is 0 Å². The van der Waals surface area contributed by atoms with Crippen LogP contribution in [0.2, 0.25) is 0 Å². The van der Waals surface area contributed by atoms with Gasteiger partial charge in [-0.2, -0.15) is 0 Å². The molecule has 0 aromatic carbocycles. The molecule has 15 heavy (non-hydrogen) atoms. The molecular weight excluding hydrogens is 184 g/mol. The number of nitrogens with zero attached hydrogens (tertiary/aromatic N) is 1. The van der Waals surface area contributed by atoms with Gasteiger partial charge in [0.05, 0.1) is 0 Å². The summed E-state index contributed by atoms with van der Waals surface area (Å²) >= 11 is 0. The number of hydrogen-bond donors (Lipinski definition) is 1. The molecule has 3 unspecified atom stereocenters. The first kappa shape index (κ1) is 11.4. The first-order valence-corrected chi connectivity index (χ1v) is 6.79. The number of rotatable bonds is 3. The summed E-state index contributed by atoms with van der Waals surface area (Å²) in [7, 11) is 0. The summed E-state index contributed by atoms with van der Waals surface area (Å²) in [6.07, 6.45) is 7.00. The minimum absolute atomic E-state index is 0.791. The van der Waals surface area contributed by atoms with Crippen molar-refractivity contribution < 1.29 is 0 Å². The summed E-state index contributed by atoms with van der Waals surface area (Å²) in [6.45, 7) is 8.56. The lowest BCUT2D eigenvalue weighted by Crippen LogP contribution is -2.46. The van der Waals surface area contributed by atoms with E-state index in [1.54, 1.807) is 0 Å². The van der Waals surface area contributed by atoms with Crippen LogP contribution in [0.3, 0.4) is 0 Å². The van der Waals surface area contributed by atoms with Gasteiger partial charge in [0.1, 0.15) is 0 Å². The highest BCUT2D eigenvalue weighted by atomic mass is 15.2. The van der Waals surface area contributed by atoms with E-state index in [1.807, 2.05) is 0 Å². The Morgan fingerprint density at radius 2 is 2.20 bits per heavy atom. The van der Waals surface area contributed by atoms with Gasteiger partial charge in [-0.3, -0.25) is 4.90 Å². The molecule has 3 atom stereocenters. The van der Waals surface area contributed by atoms with E-state index in [2.05, 4.69) is 24.1 Å². The Morgan fingerprint density at radius 3 is 2.87 bits per heavy atom. The smallest absolute Gasteiger partial charge is 0.0139 e. The lowest BCUT2D eigenvalue weighted by atomic mass is 9.89. The minimum atomic E-state index is 0.791. The number of likely N-dealkylation sites (tertiary alicyclic amines) is 1. The summed E-state index contributed by atoms with van der Waals surface area (Å²) in [5.74, 6) is 0.926. The van der Waals surface area contributed by atoms with E-state index in [1.165, 1.54) is 51.7 Å². The van der Waals surface area contributed by atoms with E-state index in [-0.39, 0.29) is 0 Å². The third-order valence-corrected chi connectivity index (χ3v) is 4.38. The molecule has 2 heterocycles. The van der Waals surface area contributed by atoms with Gasteiger partial charge in [0.25, 0.3) is 0 Å².